The highest BCUT2D eigenvalue weighted by Gasteiger charge is 2.14. The largest absolute Gasteiger partial charge is 0.388 e. The highest BCUT2D eigenvalue weighted by Crippen LogP contribution is 2.37. The summed E-state index contributed by atoms with van der Waals surface area (Å²) in [6.07, 6.45) is 0. The van der Waals surface area contributed by atoms with Gasteiger partial charge >= 0.3 is 0 Å². The standard InChI is InChI=1S/C17H23N5O/c1-10-5-6-13(12(7-10)17(18)23)22-16-14(20-3)8-11(19-2)9-15(16)21-4/h5-9,19-22H,1-4H3,(H2,18,23). The van der Waals surface area contributed by atoms with Crippen molar-refractivity contribution in [2.45, 2.75) is 6.92 Å². The van der Waals surface area contributed by atoms with Crippen molar-refractivity contribution in [1.29, 1.82) is 0 Å². The van der Waals surface area contributed by atoms with Crippen LogP contribution in [0.4, 0.5) is 28.4 Å². The molecule has 6 N–H and O–H groups in total. The first-order valence-corrected chi connectivity index (χ1v) is 7.39. The minimum absolute atomic E-state index is 0.458. The summed E-state index contributed by atoms with van der Waals surface area (Å²) in [4.78, 5) is 11.7. The minimum atomic E-state index is -0.458. The number of amides is 1. The number of hydrogen-bond acceptors (Lipinski definition) is 5. The topological polar surface area (TPSA) is 91.2 Å². The van der Waals surface area contributed by atoms with E-state index in [1.165, 1.54) is 0 Å². The summed E-state index contributed by atoms with van der Waals surface area (Å²) in [6, 6.07) is 9.56. The smallest absolute Gasteiger partial charge is 0.250 e. The van der Waals surface area contributed by atoms with E-state index in [1.54, 1.807) is 6.07 Å². The van der Waals surface area contributed by atoms with Gasteiger partial charge in [0.25, 0.3) is 5.91 Å². The van der Waals surface area contributed by atoms with Gasteiger partial charge in [-0.15, -0.1) is 0 Å². The van der Waals surface area contributed by atoms with Crippen LogP contribution in [0.1, 0.15) is 15.9 Å². The zero-order valence-corrected chi connectivity index (χ0v) is 13.9. The Hall–Kier alpha value is -2.89. The summed E-state index contributed by atoms with van der Waals surface area (Å²) >= 11 is 0. The quantitative estimate of drug-likeness (QED) is 0.565. The third-order valence-corrected chi connectivity index (χ3v) is 3.67. The Bertz CT molecular complexity index is 702. The van der Waals surface area contributed by atoms with E-state index in [0.717, 1.165) is 28.3 Å². The average Bonchev–Trinajstić information content (AvgIpc) is 2.56. The molecule has 0 aliphatic rings. The van der Waals surface area contributed by atoms with E-state index in [1.807, 2.05) is 52.3 Å². The van der Waals surface area contributed by atoms with E-state index in [0.29, 0.717) is 11.3 Å². The highest BCUT2D eigenvalue weighted by molar-refractivity contribution is 6.01. The molecule has 0 heterocycles. The number of nitrogens with two attached hydrogens (primary N) is 1. The van der Waals surface area contributed by atoms with E-state index in [-0.39, 0.29) is 0 Å². The second kappa shape index (κ2) is 6.91. The molecule has 6 heteroatoms. The molecule has 0 aromatic heterocycles. The summed E-state index contributed by atoms with van der Waals surface area (Å²) in [5.41, 5.74) is 11.2. The van der Waals surface area contributed by atoms with Crippen LogP contribution in [0.3, 0.4) is 0 Å². The molecule has 6 nitrogen and oxygen atoms in total. The maximum atomic E-state index is 11.7. The van der Waals surface area contributed by atoms with E-state index < -0.39 is 5.91 Å². The molecule has 122 valence electrons. The monoisotopic (exact) mass is 313 g/mol. The highest BCUT2D eigenvalue weighted by atomic mass is 16.1. The number of nitrogens with one attached hydrogen (secondary N) is 4. The molecule has 23 heavy (non-hydrogen) atoms. The van der Waals surface area contributed by atoms with Gasteiger partial charge in [0.2, 0.25) is 0 Å². The maximum absolute atomic E-state index is 11.7. The Morgan fingerprint density at radius 3 is 2.00 bits per heavy atom. The van der Waals surface area contributed by atoms with Crippen molar-refractivity contribution in [1.82, 2.24) is 0 Å². The number of carbonyl (C=O) groups is 1. The van der Waals surface area contributed by atoms with Crippen LogP contribution in [0.2, 0.25) is 0 Å². The van der Waals surface area contributed by atoms with E-state index in [4.69, 9.17) is 5.73 Å². The number of rotatable bonds is 6. The fourth-order valence-corrected chi connectivity index (χ4v) is 2.42. The van der Waals surface area contributed by atoms with Crippen molar-refractivity contribution in [2.75, 3.05) is 42.4 Å². The Morgan fingerprint density at radius 2 is 1.52 bits per heavy atom. The number of hydrogen-bond donors (Lipinski definition) is 5. The van der Waals surface area contributed by atoms with Crippen LogP contribution in [0.15, 0.2) is 30.3 Å². The van der Waals surface area contributed by atoms with Crippen molar-refractivity contribution in [3.05, 3.63) is 41.5 Å². The molecule has 1 amide bonds. The predicted molar refractivity (Wildman–Crippen MR) is 98.1 cm³/mol. The van der Waals surface area contributed by atoms with Crippen LogP contribution < -0.4 is 27.0 Å². The lowest BCUT2D eigenvalue weighted by Crippen LogP contribution is -2.14. The molecule has 0 bridgehead atoms. The van der Waals surface area contributed by atoms with Crippen LogP contribution in [-0.4, -0.2) is 27.1 Å². The molecule has 0 aliphatic heterocycles. The van der Waals surface area contributed by atoms with Crippen LogP contribution in [0.25, 0.3) is 0 Å². The summed E-state index contributed by atoms with van der Waals surface area (Å²) in [5, 5.41) is 12.8. The van der Waals surface area contributed by atoms with Crippen molar-refractivity contribution in [3.8, 4) is 0 Å². The van der Waals surface area contributed by atoms with Crippen molar-refractivity contribution in [3.63, 3.8) is 0 Å². The zero-order valence-electron chi connectivity index (χ0n) is 13.9. The summed E-state index contributed by atoms with van der Waals surface area (Å²) in [7, 11) is 5.57. The molecular weight excluding hydrogens is 290 g/mol. The van der Waals surface area contributed by atoms with Gasteiger partial charge in [-0.3, -0.25) is 4.79 Å². The second-order valence-electron chi connectivity index (χ2n) is 5.23. The van der Waals surface area contributed by atoms with Gasteiger partial charge in [0, 0.05) is 26.8 Å². The fourth-order valence-electron chi connectivity index (χ4n) is 2.42. The van der Waals surface area contributed by atoms with Crippen LogP contribution >= 0.6 is 0 Å². The Kier molecular flexibility index (Phi) is 4.95. The van der Waals surface area contributed by atoms with Crippen molar-refractivity contribution >= 4 is 34.3 Å². The number of aryl methyl sites for hydroxylation is 1. The second-order valence-corrected chi connectivity index (χ2v) is 5.23. The Labute approximate surface area is 136 Å². The minimum Gasteiger partial charge on any atom is -0.388 e. The molecule has 0 unspecified atom stereocenters. The van der Waals surface area contributed by atoms with E-state index in [9.17, 15) is 4.79 Å². The maximum Gasteiger partial charge on any atom is 0.250 e. The molecule has 0 spiro atoms. The molecule has 0 atom stereocenters. The first-order valence-electron chi connectivity index (χ1n) is 7.39. The summed E-state index contributed by atoms with van der Waals surface area (Å²) < 4.78 is 0. The van der Waals surface area contributed by atoms with Gasteiger partial charge in [-0.1, -0.05) is 11.6 Å². The number of anilines is 5. The molecule has 2 rings (SSSR count). The number of benzene rings is 2. The molecule has 2 aromatic carbocycles. The van der Waals surface area contributed by atoms with Crippen LogP contribution in [-0.2, 0) is 0 Å². The molecular formula is C17H23N5O. The fraction of sp³-hybridized carbons (Fsp3) is 0.235. The zero-order chi connectivity index (χ0) is 17.0. The molecule has 0 aliphatic carbocycles. The average molecular weight is 313 g/mol. The lowest BCUT2D eigenvalue weighted by molar-refractivity contribution is 0.100. The van der Waals surface area contributed by atoms with Gasteiger partial charge < -0.3 is 27.0 Å². The van der Waals surface area contributed by atoms with Crippen LogP contribution in [0, 0.1) is 6.92 Å². The van der Waals surface area contributed by atoms with Crippen LogP contribution in [0.5, 0.6) is 0 Å². The molecule has 2 aromatic rings. The van der Waals surface area contributed by atoms with E-state index in [2.05, 4.69) is 21.3 Å². The third-order valence-electron chi connectivity index (χ3n) is 3.67. The summed E-state index contributed by atoms with van der Waals surface area (Å²) in [5.74, 6) is -0.458. The molecule has 0 radical (unpaired) electrons. The number of carbonyl (C=O) groups excluding carboxylic acids is 1. The first-order chi connectivity index (χ1) is 11.0. The van der Waals surface area contributed by atoms with Gasteiger partial charge in [0.15, 0.2) is 0 Å². The third kappa shape index (κ3) is 3.48. The van der Waals surface area contributed by atoms with Gasteiger partial charge in [0.05, 0.1) is 28.3 Å². The molecule has 0 fully saturated rings. The van der Waals surface area contributed by atoms with Gasteiger partial charge in [-0.2, -0.15) is 0 Å². The van der Waals surface area contributed by atoms with Gasteiger partial charge in [0.1, 0.15) is 0 Å². The van der Waals surface area contributed by atoms with Crippen molar-refractivity contribution in [2.24, 2.45) is 5.73 Å². The van der Waals surface area contributed by atoms with Crippen molar-refractivity contribution < 1.29 is 4.79 Å². The SMILES string of the molecule is CNc1cc(NC)c(Nc2ccc(C)cc2C(N)=O)c(NC)c1. The molecule has 0 saturated heterocycles. The first kappa shape index (κ1) is 16.5. The van der Waals surface area contributed by atoms with Gasteiger partial charge in [-0.05, 0) is 31.2 Å². The van der Waals surface area contributed by atoms with E-state index >= 15 is 0 Å². The Morgan fingerprint density at radius 1 is 0.913 bits per heavy atom. The molecule has 0 saturated carbocycles. The number of primary amides is 1. The lowest BCUT2D eigenvalue weighted by atomic mass is 10.1. The lowest BCUT2D eigenvalue weighted by Gasteiger charge is -2.19. The summed E-state index contributed by atoms with van der Waals surface area (Å²) in [6.45, 7) is 1.93. The Balaban J connectivity index is 2.54. The van der Waals surface area contributed by atoms with Gasteiger partial charge in [-0.25, -0.2) is 0 Å². The predicted octanol–water partition coefficient (Wildman–Crippen LogP) is 2.96. The normalized spacial score (nSPS) is 10.1.